The average Bonchev–Trinajstić information content (AvgIpc) is 2.79. The number of hydrogen-bond donors (Lipinski definition) is 1. The summed E-state index contributed by atoms with van der Waals surface area (Å²) < 4.78 is 16.0. The van der Waals surface area contributed by atoms with Gasteiger partial charge >= 0.3 is 0 Å². The van der Waals surface area contributed by atoms with Gasteiger partial charge in [0.25, 0.3) is 0 Å². The lowest BCUT2D eigenvalue weighted by Crippen LogP contribution is -2.16. The number of unbranched alkanes of at least 4 members (excludes halogenated alkanes) is 11. The Balaban J connectivity index is 2.12. The molecule has 0 aromatic heterocycles. The van der Waals surface area contributed by atoms with Gasteiger partial charge in [-0.3, -0.25) is 4.79 Å². The SMILES string of the molecule is CCCCCCCCCCCCCCSCC(=O)Nc1c(OC)cc(OC)cc1OC. The summed E-state index contributed by atoms with van der Waals surface area (Å²) in [6, 6.07) is 3.47. The van der Waals surface area contributed by atoms with Gasteiger partial charge in [-0.15, -0.1) is 0 Å². The Bertz CT molecular complexity index is 584. The zero-order valence-corrected chi connectivity index (χ0v) is 20.9. The first-order valence-electron chi connectivity index (χ1n) is 11.8. The Morgan fingerprint density at radius 1 is 0.774 bits per heavy atom. The molecule has 31 heavy (non-hydrogen) atoms. The largest absolute Gasteiger partial charge is 0.496 e. The first-order chi connectivity index (χ1) is 15.2. The number of anilines is 1. The highest BCUT2D eigenvalue weighted by Gasteiger charge is 2.15. The Kier molecular flexibility index (Phi) is 16.0. The Labute approximate surface area is 194 Å². The third-order valence-corrected chi connectivity index (χ3v) is 6.40. The van der Waals surface area contributed by atoms with Crippen LogP contribution < -0.4 is 19.5 Å². The van der Waals surface area contributed by atoms with Crippen LogP contribution in [0.5, 0.6) is 17.2 Å². The maximum absolute atomic E-state index is 12.3. The topological polar surface area (TPSA) is 56.8 Å². The fraction of sp³-hybridized carbons (Fsp3) is 0.720. The lowest BCUT2D eigenvalue weighted by Gasteiger charge is -2.15. The van der Waals surface area contributed by atoms with E-state index >= 15 is 0 Å². The summed E-state index contributed by atoms with van der Waals surface area (Å²) in [4.78, 5) is 12.3. The van der Waals surface area contributed by atoms with E-state index in [-0.39, 0.29) is 5.91 Å². The monoisotopic (exact) mass is 453 g/mol. The Morgan fingerprint density at radius 2 is 1.26 bits per heavy atom. The van der Waals surface area contributed by atoms with Crippen molar-refractivity contribution in [3.63, 3.8) is 0 Å². The number of rotatable bonds is 19. The number of carbonyl (C=O) groups excluding carboxylic acids is 1. The first-order valence-corrected chi connectivity index (χ1v) is 13.0. The number of nitrogens with one attached hydrogen (secondary N) is 1. The molecule has 1 rings (SSSR count). The van der Waals surface area contributed by atoms with Crippen LogP contribution in [0.15, 0.2) is 12.1 Å². The molecule has 0 fully saturated rings. The minimum absolute atomic E-state index is 0.0503. The van der Waals surface area contributed by atoms with Crippen molar-refractivity contribution in [2.45, 2.75) is 84.0 Å². The highest BCUT2D eigenvalue weighted by atomic mass is 32.2. The molecule has 0 spiro atoms. The number of benzene rings is 1. The van der Waals surface area contributed by atoms with Crippen LogP contribution in [0.2, 0.25) is 0 Å². The molecule has 1 aromatic rings. The highest BCUT2D eigenvalue weighted by molar-refractivity contribution is 7.99. The second-order valence-electron chi connectivity index (χ2n) is 7.90. The normalized spacial score (nSPS) is 10.7. The second kappa shape index (κ2) is 18.1. The summed E-state index contributed by atoms with van der Waals surface area (Å²) >= 11 is 1.68. The van der Waals surface area contributed by atoms with E-state index in [1.807, 2.05) is 0 Å². The van der Waals surface area contributed by atoms with Crippen molar-refractivity contribution in [1.82, 2.24) is 0 Å². The van der Waals surface area contributed by atoms with Gasteiger partial charge in [-0.25, -0.2) is 0 Å². The summed E-state index contributed by atoms with van der Waals surface area (Å²) in [6.07, 6.45) is 16.2. The summed E-state index contributed by atoms with van der Waals surface area (Å²) in [5.74, 6) is 3.06. The van der Waals surface area contributed by atoms with Gasteiger partial charge in [0.15, 0.2) is 0 Å². The van der Waals surface area contributed by atoms with Gasteiger partial charge in [-0.05, 0) is 12.2 Å². The average molecular weight is 454 g/mol. The van der Waals surface area contributed by atoms with Crippen molar-refractivity contribution < 1.29 is 19.0 Å². The summed E-state index contributed by atoms with van der Waals surface area (Å²) in [5, 5.41) is 2.91. The van der Waals surface area contributed by atoms with Crippen LogP contribution >= 0.6 is 11.8 Å². The lowest BCUT2D eigenvalue weighted by molar-refractivity contribution is -0.113. The highest BCUT2D eigenvalue weighted by Crippen LogP contribution is 2.38. The van der Waals surface area contributed by atoms with Gasteiger partial charge in [0.1, 0.15) is 22.9 Å². The molecule has 0 aliphatic carbocycles. The maximum Gasteiger partial charge on any atom is 0.234 e. The molecule has 0 radical (unpaired) electrons. The molecule has 5 nitrogen and oxygen atoms in total. The quantitative estimate of drug-likeness (QED) is 0.227. The molecule has 0 aliphatic heterocycles. The molecule has 0 bridgehead atoms. The van der Waals surface area contributed by atoms with Crippen molar-refractivity contribution >= 4 is 23.4 Å². The molecule has 0 heterocycles. The number of methoxy groups -OCH3 is 3. The van der Waals surface area contributed by atoms with Crippen LogP contribution in [-0.4, -0.2) is 38.7 Å². The van der Waals surface area contributed by atoms with Crippen LogP contribution in [0.3, 0.4) is 0 Å². The van der Waals surface area contributed by atoms with Crippen molar-refractivity contribution in [1.29, 1.82) is 0 Å². The van der Waals surface area contributed by atoms with Gasteiger partial charge in [0, 0.05) is 12.1 Å². The molecule has 178 valence electrons. The predicted molar refractivity (Wildman–Crippen MR) is 133 cm³/mol. The molecule has 1 N–H and O–H groups in total. The summed E-state index contributed by atoms with van der Waals surface area (Å²) in [6.45, 7) is 2.27. The molecule has 0 aliphatic rings. The number of carbonyl (C=O) groups is 1. The first kappa shape index (κ1) is 27.5. The van der Waals surface area contributed by atoms with Gasteiger partial charge < -0.3 is 19.5 Å². The molecule has 0 saturated carbocycles. The lowest BCUT2D eigenvalue weighted by atomic mass is 10.1. The summed E-state index contributed by atoms with van der Waals surface area (Å²) in [7, 11) is 4.71. The van der Waals surface area contributed by atoms with Crippen LogP contribution in [0.4, 0.5) is 5.69 Å². The van der Waals surface area contributed by atoms with Crippen molar-refractivity contribution in [3.8, 4) is 17.2 Å². The van der Waals surface area contributed by atoms with E-state index < -0.39 is 0 Å². The van der Waals surface area contributed by atoms with Crippen LogP contribution in [0.1, 0.15) is 84.0 Å². The molecule has 1 amide bonds. The van der Waals surface area contributed by atoms with E-state index in [1.165, 1.54) is 77.0 Å². The molecule has 1 aromatic carbocycles. The Hall–Kier alpha value is -1.56. The number of ether oxygens (including phenoxy) is 3. The van der Waals surface area contributed by atoms with E-state index in [2.05, 4.69) is 12.2 Å². The Morgan fingerprint density at radius 3 is 1.71 bits per heavy atom. The number of amides is 1. The second-order valence-corrected chi connectivity index (χ2v) is 9.00. The fourth-order valence-electron chi connectivity index (χ4n) is 3.51. The van der Waals surface area contributed by atoms with E-state index in [1.54, 1.807) is 45.2 Å². The van der Waals surface area contributed by atoms with Crippen LogP contribution in [0.25, 0.3) is 0 Å². The van der Waals surface area contributed by atoms with E-state index in [0.717, 1.165) is 5.75 Å². The molecule has 6 heteroatoms. The minimum Gasteiger partial charge on any atom is -0.496 e. The molecule has 0 saturated heterocycles. The predicted octanol–water partition coefficient (Wildman–Crippen LogP) is 7.09. The zero-order chi connectivity index (χ0) is 22.7. The summed E-state index contributed by atoms with van der Waals surface area (Å²) in [5.41, 5.74) is 0.543. The number of hydrogen-bond acceptors (Lipinski definition) is 5. The molecular weight excluding hydrogens is 410 g/mol. The smallest absolute Gasteiger partial charge is 0.234 e. The minimum atomic E-state index is -0.0503. The third-order valence-electron chi connectivity index (χ3n) is 5.35. The van der Waals surface area contributed by atoms with Crippen LogP contribution in [-0.2, 0) is 4.79 Å². The van der Waals surface area contributed by atoms with Crippen molar-refractivity contribution in [2.24, 2.45) is 0 Å². The fourth-order valence-corrected chi connectivity index (χ4v) is 4.32. The molecule has 0 unspecified atom stereocenters. The van der Waals surface area contributed by atoms with Gasteiger partial charge in [0.05, 0.1) is 27.1 Å². The van der Waals surface area contributed by atoms with Gasteiger partial charge in [0.2, 0.25) is 5.91 Å². The van der Waals surface area contributed by atoms with Gasteiger partial charge in [-0.1, -0.05) is 77.6 Å². The van der Waals surface area contributed by atoms with Crippen molar-refractivity contribution in [3.05, 3.63) is 12.1 Å². The van der Waals surface area contributed by atoms with E-state index in [0.29, 0.717) is 28.7 Å². The van der Waals surface area contributed by atoms with Crippen molar-refractivity contribution in [2.75, 3.05) is 38.2 Å². The number of thioether (sulfide) groups is 1. The maximum atomic E-state index is 12.3. The van der Waals surface area contributed by atoms with E-state index in [4.69, 9.17) is 14.2 Å². The van der Waals surface area contributed by atoms with E-state index in [9.17, 15) is 4.79 Å². The third kappa shape index (κ3) is 12.2. The van der Waals surface area contributed by atoms with Crippen LogP contribution in [0, 0.1) is 0 Å². The van der Waals surface area contributed by atoms with Gasteiger partial charge in [-0.2, -0.15) is 11.8 Å². The molecular formula is C25H43NO4S. The standard InChI is InChI=1S/C25H43NO4S/c1-5-6-7-8-9-10-11-12-13-14-15-16-17-31-20-24(27)26-25-22(29-3)18-21(28-2)19-23(25)30-4/h18-19H,5-17,20H2,1-4H3,(H,26,27). The zero-order valence-electron chi connectivity index (χ0n) is 20.1. The molecule has 0 atom stereocenters.